The molecule has 4 nitrogen and oxygen atoms in total. The molecule has 1 atom stereocenters. The maximum Gasteiger partial charge on any atom is 0.193 e. The number of carbonyl (C=O) groups is 1. The highest BCUT2D eigenvalue weighted by Crippen LogP contribution is 2.22. The average molecular weight is 472 g/mol. The first-order valence-electron chi connectivity index (χ1n) is 12.5. The number of unbranched alkanes of at least 4 members (excludes halogenated alkanes) is 4. The Morgan fingerprint density at radius 1 is 1.06 bits per heavy atom. The predicted octanol–water partition coefficient (Wildman–Crippen LogP) is 6.38. The van der Waals surface area contributed by atoms with Crippen LogP contribution in [0.3, 0.4) is 0 Å². The van der Waals surface area contributed by atoms with Crippen molar-refractivity contribution in [2.75, 3.05) is 26.2 Å². The van der Waals surface area contributed by atoms with E-state index in [1.54, 1.807) is 24.3 Å². The Morgan fingerprint density at radius 2 is 1.79 bits per heavy atom. The Morgan fingerprint density at radius 3 is 2.52 bits per heavy atom. The summed E-state index contributed by atoms with van der Waals surface area (Å²) in [5, 5.41) is 11.0. The van der Waals surface area contributed by atoms with Crippen LogP contribution in [0.1, 0.15) is 74.2 Å². The minimum absolute atomic E-state index is 0.0330. The fraction of sp³-hybridized carbons (Fsp3) is 0.536. The third-order valence-electron chi connectivity index (χ3n) is 6.51. The Kier molecular flexibility index (Phi) is 10.7. The van der Waals surface area contributed by atoms with Gasteiger partial charge in [0.2, 0.25) is 0 Å². The van der Waals surface area contributed by atoms with Crippen molar-refractivity contribution in [3.63, 3.8) is 0 Å². The van der Waals surface area contributed by atoms with Crippen LogP contribution in [0.2, 0.25) is 5.02 Å². The Hall–Kier alpha value is -1.88. The van der Waals surface area contributed by atoms with Crippen LogP contribution in [-0.2, 0) is 0 Å². The van der Waals surface area contributed by atoms with Crippen LogP contribution >= 0.6 is 11.6 Å². The first kappa shape index (κ1) is 25.7. The van der Waals surface area contributed by atoms with Gasteiger partial charge in [-0.1, -0.05) is 62.8 Å². The van der Waals surface area contributed by atoms with Gasteiger partial charge >= 0.3 is 0 Å². The second kappa shape index (κ2) is 13.7. The van der Waals surface area contributed by atoms with E-state index in [-0.39, 0.29) is 11.9 Å². The van der Waals surface area contributed by atoms with E-state index in [9.17, 15) is 9.90 Å². The first-order chi connectivity index (χ1) is 16.0. The molecule has 0 unspecified atom stereocenters. The average Bonchev–Trinajstić information content (AvgIpc) is 2.84. The lowest BCUT2D eigenvalue weighted by Crippen LogP contribution is -2.40. The zero-order valence-corrected chi connectivity index (χ0v) is 20.6. The number of benzene rings is 2. The SMILES string of the molecule is CCCCCCC[C@@H](O)CN1CCC(COc2cccc(C(=O)c3ccc(Cl)cc3)c2)CC1. The number of aliphatic hydroxyl groups excluding tert-OH is 1. The highest BCUT2D eigenvalue weighted by molar-refractivity contribution is 6.30. The fourth-order valence-electron chi connectivity index (χ4n) is 4.42. The molecule has 3 rings (SSSR count). The number of likely N-dealkylation sites (tertiary alicyclic amines) is 1. The number of nitrogens with zero attached hydrogens (tertiary/aromatic N) is 1. The lowest BCUT2D eigenvalue weighted by molar-refractivity contribution is 0.0735. The van der Waals surface area contributed by atoms with E-state index in [0.717, 1.165) is 51.1 Å². The van der Waals surface area contributed by atoms with Gasteiger partial charge in [-0.2, -0.15) is 0 Å². The van der Waals surface area contributed by atoms with Gasteiger partial charge in [0.15, 0.2) is 5.78 Å². The molecule has 0 amide bonds. The smallest absolute Gasteiger partial charge is 0.193 e. The number of ketones is 1. The van der Waals surface area contributed by atoms with Crippen LogP contribution in [0.4, 0.5) is 0 Å². The zero-order chi connectivity index (χ0) is 23.5. The van der Waals surface area contributed by atoms with E-state index < -0.39 is 0 Å². The number of rotatable bonds is 13. The molecule has 1 fully saturated rings. The minimum Gasteiger partial charge on any atom is -0.493 e. The van der Waals surface area contributed by atoms with Crippen molar-refractivity contribution in [1.29, 1.82) is 0 Å². The number of halogens is 1. The summed E-state index contributed by atoms with van der Waals surface area (Å²) < 4.78 is 6.05. The molecule has 0 aliphatic carbocycles. The highest BCUT2D eigenvalue weighted by Gasteiger charge is 2.21. The van der Waals surface area contributed by atoms with E-state index in [4.69, 9.17) is 16.3 Å². The predicted molar refractivity (Wildman–Crippen MR) is 135 cm³/mol. The van der Waals surface area contributed by atoms with E-state index in [2.05, 4.69) is 11.8 Å². The molecule has 1 heterocycles. The summed E-state index contributed by atoms with van der Waals surface area (Å²) in [4.78, 5) is 15.1. The molecule has 1 aliphatic heterocycles. The molecule has 0 aromatic heterocycles. The van der Waals surface area contributed by atoms with Gasteiger partial charge in [0.1, 0.15) is 5.75 Å². The molecule has 2 aromatic rings. The molecule has 0 spiro atoms. The standard InChI is InChI=1S/C28H38ClNO3/c1-2-3-4-5-6-9-26(31)20-30-17-15-22(16-18-30)21-33-27-10-7-8-24(19-27)28(32)23-11-13-25(29)14-12-23/h7-8,10-14,19,22,26,31H,2-6,9,15-18,20-21H2,1H3/t26-/m1/s1. The number of piperidine rings is 1. The highest BCUT2D eigenvalue weighted by atomic mass is 35.5. The summed E-state index contributed by atoms with van der Waals surface area (Å²) in [6, 6.07) is 14.4. The Balaban J connectivity index is 1.38. The van der Waals surface area contributed by atoms with Crippen molar-refractivity contribution in [3.8, 4) is 5.75 Å². The van der Waals surface area contributed by atoms with Crippen molar-refractivity contribution >= 4 is 17.4 Å². The Labute approximate surface area is 203 Å². The molecule has 2 aromatic carbocycles. The molecule has 1 N–H and O–H groups in total. The quantitative estimate of drug-likeness (QED) is 0.272. The third-order valence-corrected chi connectivity index (χ3v) is 6.76. The van der Waals surface area contributed by atoms with Gasteiger partial charge in [0.05, 0.1) is 12.7 Å². The summed E-state index contributed by atoms with van der Waals surface area (Å²) in [5.41, 5.74) is 1.24. The fourth-order valence-corrected chi connectivity index (χ4v) is 4.54. The van der Waals surface area contributed by atoms with Gasteiger partial charge in [0, 0.05) is 22.7 Å². The van der Waals surface area contributed by atoms with E-state index in [1.807, 2.05) is 24.3 Å². The second-order valence-electron chi connectivity index (χ2n) is 9.28. The van der Waals surface area contributed by atoms with Gasteiger partial charge < -0.3 is 14.7 Å². The van der Waals surface area contributed by atoms with E-state index in [0.29, 0.717) is 28.7 Å². The topological polar surface area (TPSA) is 49.8 Å². The van der Waals surface area contributed by atoms with Crippen molar-refractivity contribution in [2.24, 2.45) is 5.92 Å². The summed E-state index contributed by atoms with van der Waals surface area (Å²) in [5.74, 6) is 1.20. The van der Waals surface area contributed by atoms with Crippen LogP contribution in [-0.4, -0.2) is 48.1 Å². The number of hydrogen-bond acceptors (Lipinski definition) is 4. The molecular weight excluding hydrogens is 434 g/mol. The number of aliphatic hydroxyl groups is 1. The van der Waals surface area contributed by atoms with E-state index in [1.165, 1.54) is 25.7 Å². The van der Waals surface area contributed by atoms with Gasteiger partial charge in [-0.3, -0.25) is 4.79 Å². The normalized spacial score (nSPS) is 16.0. The lowest BCUT2D eigenvalue weighted by Gasteiger charge is -2.33. The monoisotopic (exact) mass is 471 g/mol. The maximum atomic E-state index is 12.7. The Bertz CT molecular complexity index is 846. The van der Waals surface area contributed by atoms with Gasteiger partial charge in [-0.15, -0.1) is 0 Å². The number of β-amino-alcohol motifs (C(OH)–C–C–N with tert-alkyl or cyclic N) is 1. The molecule has 0 radical (unpaired) electrons. The maximum absolute atomic E-state index is 12.7. The second-order valence-corrected chi connectivity index (χ2v) is 9.71. The van der Waals surface area contributed by atoms with Crippen molar-refractivity contribution < 1.29 is 14.6 Å². The van der Waals surface area contributed by atoms with Gasteiger partial charge in [0.25, 0.3) is 0 Å². The van der Waals surface area contributed by atoms with Crippen LogP contribution in [0, 0.1) is 5.92 Å². The van der Waals surface area contributed by atoms with Crippen molar-refractivity contribution in [2.45, 2.75) is 64.4 Å². The van der Waals surface area contributed by atoms with E-state index >= 15 is 0 Å². The first-order valence-corrected chi connectivity index (χ1v) is 12.9. The summed E-state index contributed by atoms with van der Waals surface area (Å²) >= 11 is 5.92. The molecule has 33 heavy (non-hydrogen) atoms. The van der Waals surface area contributed by atoms with Gasteiger partial charge in [-0.05, 0) is 74.7 Å². The summed E-state index contributed by atoms with van der Waals surface area (Å²) in [7, 11) is 0. The zero-order valence-electron chi connectivity index (χ0n) is 19.8. The molecule has 0 bridgehead atoms. The van der Waals surface area contributed by atoms with Crippen molar-refractivity contribution in [1.82, 2.24) is 4.90 Å². The lowest BCUT2D eigenvalue weighted by atomic mass is 9.97. The molecular formula is C28H38ClNO3. The molecule has 1 saturated heterocycles. The molecule has 180 valence electrons. The number of hydrogen-bond donors (Lipinski definition) is 1. The number of carbonyl (C=O) groups excluding carboxylic acids is 1. The minimum atomic E-state index is -0.208. The summed E-state index contributed by atoms with van der Waals surface area (Å²) in [6.07, 6.45) is 9.06. The van der Waals surface area contributed by atoms with Crippen molar-refractivity contribution in [3.05, 3.63) is 64.7 Å². The van der Waals surface area contributed by atoms with Crippen LogP contribution < -0.4 is 4.74 Å². The molecule has 1 aliphatic rings. The van der Waals surface area contributed by atoms with Crippen LogP contribution in [0.15, 0.2) is 48.5 Å². The summed E-state index contributed by atoms with van der Waals surface area (Å²) in [6.45, 7) is 5.69. The van der Waals surface area contributed by atoms with Crippen LogP contribution in [0.5, 0.6) is 5.75 Å². The van der Waals surface area contributed by atoms with Gasteiger partial charge in [-0.25, -0.2) is 0 Å². The van der Waals surface area contributed by atoms with Crippen LogP contribution in [0.25, 0.3) is 0 Å². The number of ether oxygens (including phenoxy) is 1. The molecule has 5 heteroatoms. The third kappa shape index (κ3) is 8.77. The largest absolute Gasteiger partial charge is 0.493 e. The molecule has 0 saturated carbocycles.